The highest BCUT2D eigenvalue weighted by atomic mass is 35.5. The fourth-order valence-electron chi connectivity index (χ4n) is 1.34. The maximum Gasteiger partial charge on any atom is 0.309 e. The summed E-state index contributed by atoms with van der Waals surface area (Å²) < 4.78 is 4.84. The van der Waals surface area contributed by atoms with Gasteiger partial charge < -0.3 is 10.1 Å². The van der Waals surface area contributed by atoms with Crippen LogP contribution in [0, 0.1) is 5.92 Å². The Morgan fingerprint density at radius 2 is 2.00 bits per heavy atom. The molecule has 1 N–H and O–H groups in total. The van der Waals surface area contributed by atoms with Crippen LogP contribution in [-0.4, -0.2) is 18.5 Å². The summed E-state index contributed by atoms with van der Waals surface area (Å²) in [6.45, 7) is -0.282. The van der Waals surface area contributed by atoms with Crippen molar-refractivity contribution >= 4 is 40.8 Å². The SMILES string of the molecule is O=C(COC(=O)C1CC1)Nc1ccc(Cl)c(Cl)c1. The van der Waals surface area contributed by atoms with Gasteiger partial charge in [-0.05, 0) is 31.0 Å². The van der Waals surface area contributed by atoms with Crippen molar-refractivity contribution in [3.8, 4) is 0 Å². The predicted octanol–water partition coefficient (Wildman–Crippen LogP) is 2.89. The molecular formula is C12H11Cl2NO3. The van der Waals surface area contributed by atoms with Crippen LogP contribution in [0.15, 0.2) is 18.2 Å². The minimum absolute atomic E-state index is 0.0113. The molecule has 2 rings (SSSR count). The van der Waals surface area contributed by atoms with E-state index < -0.39 is 5.91 Å². The van der Waals surface area contributed by atoms with Crippen LogP contribution in [0.1, 0.15) is 12.8 Å². The summed E-state index contributed by atoms with van der Waals surface area (Å²) in [5.41, 5.74) is 0.511. The summed E-state index contributed by atoms with van der Waals surface area (Å²) in [6, 6.07) is 4.73. The Hall–Kier alpha value is -1.26. The summed E-state index contributed by atoms with van der Waals surface area (Å²) in [7, 11) is 0. The minimum Gasteiger partial charge on any atom is -0.455 e. The zero-order chi connectivity index (χ0) is 13.1. The van der Waals surface area contributed by atoms with E-state index in [0.717, 1.165) is 12.8 Å². The van der Waals surface area contributed by atoms with Crippen LogP contribution in [0.3, 0.4) is 0 Å². The molecule has 6 heteroatoms. The number of hydrogen-bond acceptors (Lipinski definition) is 3. The third-order valence-electron chi connectivity index (χ3n) is 2.46. The number of esters is 1. The van der Waals surface area contributed by atoms with E-state index >= 15 is 0 Å². The van der Waals surface area contributed by atoms with E-state index in [4.69, 9.17) is 27.9 Å². The fourth-order valence-corrected chi connectivity index (χ4v) is 1.64. The molecule has 1 amide bonds. The number of carbonyl (C=O) groups is 2. The summed E-state index contributed by atoms with van der Waals surface area (Å²) >= 11 is 11.6. The lowest BCUT2D eigenvalue weighted by atomic mass is 10.3. The molecule has 1 aromatic carbocycles. The van der Waals surface area contributed by atoms with Gasteiger partial charge in [0.2, 0.25) is 0 Å². The van der Waals surface area contributed by atoms with E-state index in [1.807, 2.05) is 0 Å². The van der Waals surface area contributed by atoms with Gasteiger partial charge in [-0.3, -0.25) is 9.59 Å². The van der Waals surface area contributed by atoms with Gasteiger partial charge in [-0.15, -0.1) is 0 Å². The van der Waals surface area contributed by atoms with Gasteiger partial charge in [-0.25, -0.2) is 0 Å². The molecule has 0 saturated heterocycles. The number of hydrogen-bond donors (Lipinski definition) is 1. The molecule has 0 aromatic heterocycles. The van der Waals surface area contributed by atoms with Crippen molar-refractivity contribution in [2.45, 2.75) is 12.8 Å². The lowest BCUT2D eigenvalue weighted by molar-refractivity contribution is -0.148. The van der Waals surface area contributed by atoms with E-state index in [-0.39, 0.29) is 18.5 Å². The highest BCUT2D eigenvalue weighted by Gasteiger charge is 2.31. The van der Waals surface area contributed by atoms with E-state index in [1.54, 1.807) is 12.1 Å². The normalized spacial score (nSPS) is 14.1. The average Bonchev–Trinajstić information content (AvgIpc) is 3.15. The predicted molar refractivity (Wildman–Crippen MR) is 68.8 cm³/mol. The molecule has 18 heavy (non-hydrogen) atoms. The Bertz CT molecular complexity index is 486. The average molecular weight is 288 g/mol. The lowest BCUT2D eigenvalue weighted by Crippen LogP contribution is -2.21. The molecule has 4 nitrogen and oxygen atoms in total. The van der Waals surface area contributed by atoms with Crippen molar-refractivity contribution < 1.29 is 14.3 Å². The molecule has 0 aliphatic heterocycles. The first-order valence-corrected chi connectivity index (χ1v) is 6.23. The van der Waals surface area contributed by atoms with Crippen LogP contribution in [0.5, 0.6) is 0 Å². The second kappa shape index (κ2) is 5.59. The van der Waals surface area contributed by atoms with Crippen molar-refractivity contribution in [2.75, 3.05) is 11.9 Å². The molecule has 0 bridgehead atoms. The Morgan fingerprint density at radius 1 is 1.28 bits per heavy atom. The summed E-state index contributed by atoms with van der Waals surface area (Å²) in [6.07, 6.45) is 1.71. The van der Waals surface area contributed by atoms with Crippen LogP contribution in [0.25, 0.3) is 0 Å². The second-order valence-corrected chi connectivity index (χ2v) is 4.87. The third-order valence-corrected chi connectivity index (χ3v) is 3.20. The van der Waals surface area contributed by atoms with Gasteiger partial charge in [0.25, 0.3) is 5.91 Å². The van der Waals surface area contributed by atoms with E-state index in [0.29, 0.717) is 15.7 Å². The first-order valence-electron chi connectivity index (χ1n) is 5.48. The number of nitrogens with one attached hydrogen (secondary N) is 1. The first-order chi connectivity index (χ1) is 8.56. The quantitative estimate of drug-likeness (QED) is 0.867. The molecule has 0 spiro atoms. The van der Waals surface area contributed by atoms with Crippen molar-refractivity contribution in [1.82, 2.24) is 0 Å². The van der Waals surface area contributed by atoms with Gasteiger partial charge in [-0.2, -0.15) is 0 Å². The highest BCUT2D eigenvalue weighted by Crippen LogP contribution is 2.30. The molecular weight excluding hydrogens is 277 g/mol. The van der Waals surface area contributed by atoms with Crippen LogP contribution in [0.2, 0.25) is 10.0 Å². The number of amides is 1. The standard InChI is InChI=1S/C12H11Cl2NO3/c13-9-4-3-8(5-10(9)14)15-11(16)6-18-12(17)7-1-2-7/h3-5,7H,1-2,6H2,(H,15,16). The Kier molecular flexibility index (Phi) is 4.09. The maximum absolute atomic E-state index is 11.5. The summed E-state index contributed by atoms with van der Waals surface area (Å²) in [5.74, 6) is -0.718. The fraction of sp³-hybridized carbons (Fsp3) is 0.333. The number of ether oxygens (including phenoxy) is 1. The molecule has 0 atom stereocenters. The van der Waals surface area contributed by atoms with Crippen LogP contribution >= 0.6 is 23.2 Å². The molecule has 0 radical (unpaired) electrons. The van der Waals surface area contributed by atoms with Crippen molar-refractivity contribution in [2.24, 2.45) is 5.92 Å². The lowest BCUT2D eigenvalue weighted by Gasteiger charge is -2.07. The summed E-state index contributed by atoms with van der Waals surface area (Å²) in [5, 5.41) is 3.33. The van der Waals surface area contributed by atoms with E-state index in [9.17, 15) is 9.59 Å². The van der Waals surface area contributed by atoms with Crippen molar-refractivity contribution in [1.29, 1.82) is 0 Å². The van der Waals surface area contributed by atoms with E-state index in [2.05, 4.69) is 5.32 Å². The minimum atomic E-state index is -0.401. The van der Waals surface area contributed by atoms with Gasteiger partial charge in [0.1, 0.15) is 0 Å². The van der Waals surface area contributed by atoms with Crippen molar-refractivity contribution in [3.63, 3.8) is 0 Å². The first kappa shape index (κ1) is 13.2. The molecule has 1 aliphatic carbocycles. The molecule has 1 saturated carbocycles. The third kappa shape index (κ3) is 3.62. The Balaban J connectivity index is 1.82. The largest absolute Gasteiger partial charge is 0.455 e. The Labute approximate surface area is 114 Å². The van der Waals surface area contributed by atoms with Gasteiger partial charge in [0.05, 0.1) is 16.0 Å². The molecule has 1 fully saturated rings. The molecule has 96 valence electrons. The topological polar surface area (TPSA) is 55.4 Å². The molecule has 0 heterocycles. The number of rotatable bonds is 4. The number of carbonyl (C=O) groups excluding carboxylic acids is 2. The zero-order valence-electron chi connectivity index (χ0n) is 9.41. The van der Waals surface area contributed by atoms with Crippen LogP contribution in [0.4, 0.5) is 5.69 Å². The zero-order valence-corrected chi connectivity index (χ0v) is 10.9. The molecule has 0 unspecified atom stereocenters. The van der Waals surface area contributed by atoms with Crippen LogP contribution in [-0.2, 0) is 14.3 Å². The number of halogens is 2. The second-order valence-electron chi connectivity index (χ2n) is 4.06. The smallest absolute Gasteiger partial charge is 0.309 e. The Morgan fingerprint density at radius 3 is 2.61 bits per heavy atom. The highest BCUT2D eigenvalue weighted by molar-refractivity contribution is 6.42. The molecule has 1 aliphatic rings. The number of anilines is 1. The number of benzene rings is 1. The maximum atomic E-state index is 11.5. The van der Waals surface area contributed by atoms with E-state index in [1.165, 1.54) is 6.07 Å². The van der Waals surface area contributed by atoms with Gasteiger partial charge in [0, 0.05) is 5.69 Å². The molecule has 1 aromatic rings. The van der Waals surface area contributed by atoms with Gasteiger partial charge in [-0.1, -0.05) is 23.2 Å². The van der Waals surface area contributed by atoms with Gasteiger partial charge in [0.15, 0.2) is 6.61 Å². The van der Waals surface area contributed by atoms with Crippen LogP contribution < -0.4 is 5.32 Å². The van der Waals surface area contributed by atoms with Gasteiger partial charge >= 0.3 is 5.97 Å². The summed E-state index contributed by atoms with van der Waals surface area (Å²) in [4.78, 5) is 22.7. The monoisotopic (exact) mass is 287 g/mol. The van der Waals surface area contributed by atoms with Crippen molar-refractivity contribution in [3.05, 3.63) is 28.2 Å².